The number of rotatable bonds is 8. The average Bonchev–Trinajstić information content (AvgIpc) is 2.94. The highest BCUT2D eigenvalue weighted by Gasteiger charge is 2.43. The van der Waals surface area contributed by atoms with Crippen LogP contribution >= 0.6 is 0 Å². The van der Waals surface area contributed by atoms with Gasteiger partial charge >= 0.3 is 0 Å². The number of nitrogens with zero attached hydrogens (tertiary/aromatic N) is 2. The smallest absolute Gasteiger partial charge is 0.211 e. The molecule has 0 aromatic rings. The fraction of sp³-hybridized carbons (Fsp3) is 1.00. The summed E-state index contributed by atoms with van der Waals surface area (Å²) in [6.07, 6.45) is 3.36. The standard InChI is InChI=1S/C15H30N2O5S2/c1-3-5-14-12-17(23(2,18)19)13-15(14)24(20,21)11-4-6-16-7-9-22-10-8-16/h14-15H,3-13H2,1-2H3/t14-,15?/m1/s1. The second-order valence-corrected chi connectivity index (χ2v) is 11.2. The third kappa shape index (κ3) is 5.39. The van der Waals surface area contributed by atoms with Crippen molar-refractivity contribution in [1.82, 2.24) is 9.21 Å². The summed E-state index contributed by atoms with van der Waals surface area (Å²) < 4.78 is 55.7. The van der Waals surface area contributed by atoms with Crippen LogP contribution in [0.3, 0.4) is 0 Å². The van der Waals surface area contributed by atoms with Crippen molar-refractivity contribution in [1.29, 1.82) is 0 Å². The van der Waals surface area contributed by atoms with Crippen LogP contribution in [-0.4, -0.2) is 89.2 Å². The molecule has 2 aliphatic heterocycles. The van der Waals surface area contributed by atoms with Crippen molar-refractivity contribution in [2.75, 3.05) is 57.9 Å². The first-order valence-corrected chi connectivity index (χ1v) is 12.3. The van der Waals surface area contributed by atoms with Crippen LogP contribution in [0.4, 0.5) is 0 Å². The third-order valence-corrected chi connectivity index (χ3v) is 8.49. The first kappa shape index (κ1) is 20.1. The van der Waals surface area contributed by atoms with Gasteiger partial charge in [-0.2, -0.15) is 0 Å². The zero-order chi connectivity index (χ0) is 17.8. The van der Waals surface area contributed by atoms with Gasteiger partial charge in [0.05, 0.1) is 30.5 Å². The summed E-state index contributed by atoms with van der Waals surface area (Å²) in [7, 11) is -6.63. The van der Waals surface area contributed by atoms with Crippen molar-refractivity contribution in [2.24, 2.45) is 5.92 Å². The Morgan fingerprint density at radius 2 is 1.75 bits per heavy atom. The van der Waals surface area contributed by atoms with Gasteiger partial charge in [-0.25, -0.2) is 21.1 Å². The van der Waals surface area contributed by atoms with E-state index in [0.717, 1.165) is 38.7 Å². The van der Waals surface area contributed by atoms with E-state index in [-0.39, 0.29) is 18.2 Å². The molecule has 9 heteroatoms. The van der Waals surface area contributed by atoms with Crippen LogP contribution in [0.15, 0.2) is 0 Å². The van der Waals surface area contributed by atoms with Crippen LogP contribution in [0.2, 0.25) is 0 Å². The summed E-state index contributed by atoms with van der Waals surface area (Å²) in [5.74, 6) is 0.0467. The van der Waals surface area contributed by atoms with Gasteiger partial charge in [-0.3, -0.25) is 4.90 Å². The largest absolute Gasteiger partial charge is 0.379 e. The summed E-state index contributed by atoms with van der Waals surface area (Å²) in [4.78, 5) is 2.22. The van der Waals surface area contributed by atoms with Crippen molar-refractivity contribution in [2.45, 2.75) is 31.4 Å². The summed E-state index contributed by atoms with van der Waals surface area (Å²) in [5, 5.41) is -0.558. The van der Waals surface area contributed by atoms with Gasteiger partial charge in [0.25, 0.3) is 0 Å². The number of sulfone groups is 1. The van der Waals surface area contributed by atoms with Crippen LogP contribution in [0.1, 0.15) is 26.2 Å². The molecule has 1 unspecified atom stereocenters. The Kier molecular flexibility index (Phi) is 7.07. The van der Waals surface area contributed by atoms with Gasteiger partial charge in [0.15, 0.2) is 9.84 Å². The molecular weight excluding hydrogens is 352 g/mol. The van der Waals surface area contributed by atoms with E-state index in [1.165, 1.54) is 4.31 Å². The van der Waals surface area contributed by atoms with E-state index in [9.17, 15) is 16.8 Å². The Balaban J connectivity index is 1.94. The van der Waals surface area contributed by atoms with E-state index in [0.29, 0.717) is 26.2 Å². The summed E-state index contributed by atoms with van der Waals surface area (Å²) in [6.45, 7) is 6.32. The lowest BCUT2D eigenvalue weighted by atomic mass is 10.0. The molecule has 7 nitrogen and oxygen atoms in total. The molecule has 2 heterocycles. The summed E-state index contributed by atoms with van der Waals surface area (Å²) >= 11 is 0. The van der Waals surface area contributed by atoms with Gasteiger partial charge in [-0.1, -0.05) is 13.3 Å². The number of hydrogen-bond acceptors (Lipinski definition) is 6. The second-order valence-electron chi connectivity index (χ2n) is 6.84. The molecule has 0 aliphatic carbocycles. The Hall–Kier alpha value is -0.220. The minimum atomic E-state index is -3.34. The highest BCUT2D eigenvalue weighted by atomic mass is 32.2. The quantitative estimate of drug-likeness (QED) is 0.596. The minimum Gasteiger partial charge on any atom is -0.379 e. The third-order valence-electron chi connectivity index (χ3n) is 4.94. The van der Waals surface area contributed by atoms with Crippen LogP contribution < -0.4 is 0 Å². The van der Waals surface area contributed by atoms with Gasteiger partial charge in [0, 0.05) is 26.2 Å². The van der Waals surface area contributed by atoms with Crippen molar-refractivity contribution >= 4 is 19.9 Å². The average molecular weight is 383 g/mol. The molecule has 0 radical (unpaired) electrons. The highest BCUT2D eigenvalue weighted by Crippen LogP contribution is 2.29. The molecule has 0 saturated carbocycles. The first-order chi connectivity index (χ1) is 11.2. The van der Waals surface area contributed by atoms with E-state index >= 15 is 0 Å². The SMILES string of the molecule is CCC[C@@H]1CN(S(C)(=O)=O)CC1S(=O)(=O)CCCN1CCOCC1. The lowest BCUT2D eigenvalue weighted by Crippen LogP contribution is -2.38. The molecule has 0 amide bonds. The summed E-state index contributed by atoms with van der Waals surface area (Å²) in [5.41, 5.74) is 0. The predicted octanol–water partition coefficient (Wildman–Crippen LogP) is 0.184. The van der Waals surface area contributed by atoms with Crippen LogP contribution in [0, 0.1) is 5.92 Å². The monoisotopic (exact) mass is 382 g/mol. The molecule has 0 bridgehead atoms. The lowest BCUT2D eigenvalue weighted by Gasteiger charge is -2.26. The zero-order valence-electron chi connectivity index (χ0n) is 14.7. The van der Waals surface area contributed by atoms with Crippen molar-refractivity contribution in [3.8, 4) is 0 Å². The molecule has 142 valence electrons. The van der Waals surface area contributed by atoms with Crippen LogP contribution in [0.25, 0.3) is 0 Å². The Morgan fingerprint density at radius 1 is 1.08 bits per heavy atom. The number of sulfonamides is 1. The van der Waals surface area contributed by atoms with E-state index < -0.39 is 25.1 Å². The molecule has 2 rings (SSSR count). The molecule has 0 aromatic heterocycles. The number of ether oxygens (including phenoxy) is 1. The van der Waals surface area contributed by atoms with Gasteiger partial charge in [0.2, 0.25) is 10.0 Å². The molecular formula is C15H30N2O5S2. The maximum atomic E-state index is 12.8. The normalized spacial score (nSPS) is 27.6. The second kappa shape index (κ2) is 8.44. The highest BCUT2D eigenvalue weighted by molar-refractivity contribution is 7.92. The fourth-order valence-electron chi connectivity index (χ4n) is 3.59. The fourth-order valence-corrected chi connectivity index (χ4v) is 6.63. The molecule has 0 spiro atoms. The Labute approximate surface area is 146 Å². The van der Waals surface area contributed by atoms with Gasteiger partial charge in [-0.15, -0.1) is 0 Å². The van der Waals surface area contributed by atoms with E-state index in [1.54, 1.807) is 0 Å². The van der Waals surface area contributed by atoms with Crippen molar-refractivity contribution in [3.05, 3.63) is 0 Å². The molecule has 2 atom stereocenters. The van der Waals surface area contributed by atoms with Gasteiger partial charge < -0.3 is 4.74 Å². The number of morpholine rings is 1. The van der Waals surface area contributed by atoms with Crippen molar-refractivity contribution < 1.29 is 21.6 Å². The summed E-state index contributed by atoms with van der Waals surface area (Å²) in [6, 6.07) is 0. The molecule has 0 N–H and O–H groups in total. The Morgan fingerprint density at radius 3 is 2.33 bits per heavy atom. The number of hydrogen-bond donors (Lipinski definition) is 0. The van der Waals surface area contributed by atoms with Crippen molar-refractivity contribution in [3.63, 3.8) is 0 Å². The predicted molar refractivity (Wildman–Crippen MR) is 94.3 cm³/mol. The minimum absolute atomic E-state index is 0.0851. The molecule has 2 saturated heterocycles. The maximum Gasteiger partial charge on any atom is 0.211 e. The van der Waals surface area contributed by atoms with Gasteiger partial charge in [-0.05, 0) is 25.3 Å². The topological polar surface area (TPSA) is 84.0 Å². The lowest BCUT2D eigenvalue weighted by molar-refractivity contribution is 0.0381. The Bertz CT molecular complexity index is 599. The molecule has 2 fully saturated rings. The van der Waals surface area contributed by atoms with Crippen LogP contribution in [0.5, 0.6) is 0 Å². The van der Waals surface area contributed by atoms with Gasteiger partial charge in [0.1, 0.15) is 0 Å². The first-order valence-electron chi connectivity index (χ1n) is 8.71. The van der Waals surface area contributed by atoms with E-state index in [2.05, 4.69) is 4.90 Å². The molecule has 0 aromatic carbocycles. The zero-order valence-corrected chi connectivity index (χ0v) is 16.3. The maximum absolute atomic E-state index is 12.8. The molecule has 24 heavy (non-hydrogen) atoms. The van der Waals surface area contributed by atoms with Crippen LogP contribution in [-0.2, 0) is 24.6 Å². The van der Waals surface area contributed by atoms with E-state index in [4.69, 9.17) is 4.74 Å². The molecule has 2 aliphatic rings. The van der Waals surface area contributed by atoms with E-state index in [1.807, 2.05) is 6.92 Å².